The Labute approximate surface area is 116 Å². The molecule has 0 radical (unpaired) electrons. The van der Waals surface area contributed by atoms with Gasteiger partial charge in [-0.2, -0.15) is 11.3 Å². The first-order valence-corrected chi connectivity index (χ1v) is 8.61. The van der Waals surface area contributed by atoms with Gasteiger partial charge in [0.25, 0.3) is 0 Å². The molecule has 3 nitrogen and oxygen atoms in total. The molecule has 0 amide bonds. The Kier molecular flexibility index (Phi) is 4.17. The van der Waals surface area contributed by atoms with Crippen molar-refractivity contribution in [1.29, 1.82) is 0 Å². The van der Waals surface area contributed by atoms with Crippen molar-refractivity contribution in [2.45, 2.75) is 17.2 Å². The smallest absolute Gasteiger partial charge is 0.175 e. The first-order valence-electron chi connectivity index (χ1n) is 5.78. The van der Waals surface area contributed by atoms with Crippen molar-refractivity contribution >= 4 is 27.5 Å². The van der Waals surface area contributed by atoms with Gasteiger partial charge in [-0.15, -0.1) is 0 Å². The fourth-order valence-corrected chi connectivity index (χ4v) is 3.33. The predicted octanol–water partition coefficient (Wildman–Crippen LogP) is 2.87. The molecule has 1 heterocycles. The molecule has 19 heavy (non-hydrogen) atoms. The van der Waals surface area contributed by atoms with Crippen LogP contribution in [0.5, 0.6) is 0 Å². The summed E-state index contributed by atoms with van der Waals surface area (Å²) in [6.45, 7) is 0. The molecule has 0 aliphatic heterocycles. The molecule has 0 spiro atoms. The summed E-state index contributed by atoms with van der Waals surface area (Å²) in [6, 6.07) is 8.73. The van der Waals surface area contributed by atoms with Crippen molar-refractivity contribution in [2.75, 3.05) is 6.26 Å². The first kappa shape index (κ1) is 14.0. The molecule has 0 fully saturated rings. The Morgan fingerprint density at radius 3 is 2.32 bits per heavy atom. The zero-order valence-electron chi connectivity index (χ0n) is 10.4. The van der Waals surface area contributed by atoms with Crippen LogP contribution in [0.4, 0.5) is 0 Å². The SMILES string of the molecule is CS(=O)(=O)c1ccc(C(CC=O)c2ccsc2)cc1. The number of benzene rings is 1. The van der Waals surface area contributed by atoms with E-state index < -0.39 is 9.84 Å². The number of carbonyl (C=O) groups excluding carboxylic acids is 1. The summed E-state index contributed by atoms with van der Waals surface area (Å²) < 4.78 is 22.8. The second kappa shape index (κ2) is 5.67. The van der Waals surface area contributed by atoms with Gasteiger partial charge >= 0.3 is 0 Å². The molecule has 1 atom stereocenters. The minimum absolute atomic E-state index is 0.00244. The van der Waals surface area contributed by atoms with E-state index >= 15 is 0 Å². The van der Waals surface area contributed by atoms with Gasteiger partial charge in [-0.1, -0.05) is 12.1 Å². The lowest BCUT2D eigenvalue weighted by molar-refractivity contribution is -0.108. The molecule has 0 N–H and O–H groups in total. The average molecular weight is 294 g/mol. The average Bonchev–Trinajstić information content (AvgIpc) is 2.89. The third kappa shape index (κ3) is 3.30. The summed E-state index contributed by atoms with van der Waals surface area (Å²) in [5, 5.41) is 3.98. The van der Waals surface area contributed by atoms with E-state index in [0.717, 1.165) is 17.4 Å². The molecule has 0 bridgehead atoms. The largest absolute Gasteiger partial charge is 0.303 e. The van der Waals surface area contributed by atoms with Crippen LogP contribution in [0.1, 0.15) is 23.5 Å². The lowest BCUT2D eigenvalue weighted by Gasteiger charge is -2.13. The standard InChI is InChI=1S/C14H14O3S2/c1-19(16,17)13-4-2-11(3-5-13)14(6-8-15)12-7-9-18-10-12/h2-5,7-10,14H,6H2,1H3. The third-order valence-corrected chi connectivity index (χ3v) is 4.82. The second-order valence-corrected chi connectivity index (χ2v) is 7.15. The summed E-state index contributed by atoms with van der Waals surface area (Å²) in [7, 11) is -3.18. The molecule has 5 heteroatoms. The highest BCUT2D eigenvalue weighted by Gasteiger charge is 2.15. The zero-order chi connectivity index (χ0) is 13.9. The van der Waals surface area contributed by atoms with E-state index in [0.29, 0.717) is 11.3 Å². The van der Waals surface area contributed by atoms with Crippen molar-refractivity contribution in [2.24, 2.45) is 0 Å². The number of carbonyl (C=O) groups is 1. The maximum atomic E-state index is 11.4. The van der Waals surface area contributed by atoms with Gasteiger partial charge in [0, 0.05) is 18.6 Å². The van der Waals surface area contributed by atoms with Crippen LogP contribution in [0.25, 0.3) is 0 Å². The van der Waals surface area contributed by atoms with Gasteiger partial charge in [0.2, 0.25) is 0 Å². The molecule has 1 aromatic heterocycles. The minimum atomic E-state index is -3.18. The Morgan fingerprint density at radius 2 is 1.84 bits per heavy atom. The maximum absolute atomic E-state index is 11.4. The number of aldehydes is 1. The summed E-state index contributed by atoms with van der Waals surface area (Å²) in [6.07, 6.45) is 2.48. The van der Waals surface area contributed by atoms with Gasteiger partial charge in [0.15, 0.2) is 9.84 Å². The Hall–Kier alpha value is -1.46. The molecule has 1 aromatic carbocycles. The Bertz CT molecular complexity index is 641. The first-order chi connectivity index (χ1) is 9.02. The van der Waals surface area contributed by atoms with E-state index in [4.69, 9.17) is 0 Å². The van der Waals surface area contributed by atoms with Crippen molar-refractivity contribution < 1.29 is 13.2 Å². The van der Waals surface area contributed by atoms with Crippen LogP contribution in [-0.4, -0.2) is 21.0 Å². The van der Waals surface area contributed by atoms with E-state index in [9.17, 15) is 13.2 Å². The molecule has 100 valence electrons. The van der Waals surface area contributed by atoms with Gasteiger partial charge in [0.05, 0.1) is 4.90 Å². The number of hydrogen-bond donors (Lipinski definition) is 0. The van der Waals surface area contributed by atoms with Gasteiger partial charge < -0.3 is 4.79 Å². The molecule has 0 aliphatic rings. The van der Waals surface area contributed by atoms with Crippen LogP contribution in [0.15, 0.2) is 46.0 Å². The minimum Gasteiger partial charge on any atom is -0.303 e. The van der Waals surface area contributed by atoms with E-state index in [-0.39, 0.29) is 5.92 Å². The molecular weight excluding hydrogens is 280 g/mol. The molecular formula is C14H14O3S2. The van der Waals surface area contributed by atoms with Gasteiger partial charge in [-0.05, 0) is 40.1 Å². The number of hydrogen-bond acceptors (Lipinski definition) is 4. The zero-order valence-corrected chi connectivity index (χ0v) is 12.1. The highest BCUT2D eigenvalue weighted by atomic mass is 32.2. The molecule has 0 saturated carbocycles. The van der Waals surface area contributed by atoms with E-state index in [2.05, 4.69) is 0 Å². The van der Waals surface area contributed by atoms with Crippen molar-refractivity contribution in [3.05, 3.63) is 52.2 Å². The van der Waals surface area contributed by atoms with Gasteiger partial charge in [-0.25, -0.2) is 8.42 Å². The predicted molar refractivity (Wildman–Crippen MR) is 76.4 cm³/mol. The molecule has 1 unspecified atom stereocenters. The van der Waals surface area contributed by atoms with Crippen LogP contribution >= 0.6 is 11.3 Å². The third-order valence-electron chi connectivity index (χ3n) is 2.99. The molecule has 2 aromatic rings. The molecule has 2 rings (SSSR count). The lowest BCUT2D eigenvalue weighted by Crippen LogP contribution is -2.02. The maximum Gasteiger partial charge on any atom is 0.175 e. The summed E-state index contributed by atoms with van der Waals surface area (Å²) in [5.74, 6) is -0.00244. The highest BCUT2D eigenvalue weighted by molar-refractivity contribution is 7.90. The topological polar surface area (TPSA) is 51.2 Å². The van der Waals surface area contributed by atoms with Crippen LogP contribution < -0.4 is 0 Å². The van der Waals surface area contributed by atoms with Crippen molar-refractivity contribution in [3.63, 3.8) is 0 Å². The van der Waals surface area contributed by atoms with Crippen molar-refractivity contribution in [3.8, 4) is 0 Å². The van der Waals surface area contributed by atoms with Crippen molar-refractivity contribution in [1.82, 2.24) is 0 Å². The Morgan fingerprint density at radius 1 is 1.16 bits per heavy atom. The van der Waals surface area contributed by atoms with Crippen LogP contribution in [0, 0.1) is 0 Å². The molecule has 0 aliphatic carbocycles. The Balaban J connectivity index is 2.36. The van der Waals surface area contributed by atoms with Crippen LogP contribution in [0.2, 0.25) is 0 Å². The summed E-state index contributed by atoms with van der Waals surface area (Å²) >= 11 is 1.58. The van der Waals surface area contributed by atoms with E-state index in [1.54, 1.807) is 35.6 Å². The normalized spacial score (nSPS) is 13.1. The fraction of sp³-hybridized carbons (Fsp3) is 0.214. The second-order valence-electron chi connectivity index (χ2n) is 4.35. The number of rotatable bonds is 5. The molecule has 0 saturated heterocycles. The number of sulfone groups is 1. The highest BCUT2D eigenvalue weighted by Crippen LogP contribution is 2.29. The van der Waals surface area contributed by atoms with Gasteiger partial charge in [0.1, 0.15) is 6.29 Å². The monoisotopic (exact) mass is 294 g/mol. The van der Waals surface area contributed by atoms with E-state index in [1.165, 1.54) is 6.26 Å². The van der Waals surface area contributed by atoms with Crippen LogP contribution in [-0.2, 0) is 14.6 Å². The van der Waals surface area contributed by atoms with Gasteiger partial charge in [-0.3, -0.25) is 0 Å². The number of thiophene rings is 1. The fourth-order valence-electron chi connectivity index (χ4n) is 1.98. The lowest BCUT2D eigenvalue weighted by atomic mass is 9.91. The van der Waals surface area contributed by atoms with E-state index in [1.807, 2.05) is 16.8 Å². The summed E-state index contributed by atoms with van der Waals surface area (Å²) in [4.78, 5) is 11.1. The van der Waals surface area contributed by atoms with Crippen LogP contribution in [0.3, 0.4) is 0 Å². The quantitative estimate of drug-likeness (QED) is 0.797. The summed E-state index contributed by atoms with van der Waals surface area (Å²) in [5.41, 5.74) is 2.04.